The van der Waals surface area contributed by atoms with Crippen molar-refractivity contribution in [2.75, 3.05) is 5.33 Å². The van der Waals surface area contributed by atoms with Gasteiger partial charge in [-0.25, -0.2) is 0 Å². The van der Waals surface area contributed by atoms with Gasteiger partial charge in [0.1, 0.15) is 0 Å². The highest BCUT2D eigenvalue weighted by Gasteiger charge is 2.32. The number of carbonyl (C=O) groups excluding carboxylic acids is 1. The van der Waals surface area contributed by atoms with E-state index in [1.54, 1.807) is 0 Å². The molecular formula is C11H20BrNO. The summed E-state index contributed by atoms with van der Waals surface area (Å²) in [6.45, 7) is 6.26. The van der Waals surface area contributed by atoms with Crippen molar-refractivity contribution in [2.45, 2.75) is 45.6 Å². The average Bonchev–Trinajstić information content (AvgIpc) is 2.51. The number of hydrogen-bond acceptors (Lipinski definition) is 1. The third kappa shape index (κ3) is 2.97. The van der Waals surface area contributed by atoms with Gasteiger partial charge in [-0.05, 0) is 32.6 Å². The monoisotopic (exact) mass is 261 g/mol. The van der Waals surface area contributed by atoms with Crippen LogP contribution in [0, 0.1) is 11.8 Å². The Morgan fingerprint density at radius 1 is 1.50 bits per heavy atom. The largest absolute Gasteiger partial charge is 0.350 e. The highest BCUT2D eigenvalue weighted by Crippen LogP contribution is 2.31. The Bertz CT molecular complexity index is 215. The summed E-state index contributed by atoms with van der Waals surface area (Å²) in [5.74, 6) is 1.04. The molecule has 0 spiro atoms. The van der Waals surface area contributed by atoms with E-state index < -0.39 is 0 Å². The first-order chi connectivity index (χ1) is 6.46. The van der Waals surface area contributed by atoms with Gasteiger partial charge in [0.05, 0.1) is 0 Å². The number of hydrogen-bond donors (Lipinski definition) is 1. The Labute approximate surface area is 95.0 Å². The Balaban J connectivity index is 2.49. The van der Waals surface area contributed by atoms with Gasteiger partial charge in [-0.2, -0.15) is 0 Å². The Morgan fingerprint density at radius 2 is 2.14 bits per heavy atom. The first-order valence-corrected chi connectivity index (χ1v) is 6.46. The van der Waals surface area contributed by atoms with Crippen LogP contribution >= 0.6 is 15.9 Å². The van der Waals surface area contributed by atoms with E-state index in [2.05, 4.69) is 28.2 Å². The Morgan fingerprint density at radius 3 is 2.57 bits per heavy atom. The number of alkyl halides is 1. The molecule has 1 rings (SSSR count). The zero-order chi connectivity index (χ0) is 10.8. The molecule has 0 heterocycles. The smallest absolute Gasteiger partial charge is 0.223 e. The lowest BCUT2D eigenvalue weighted by molar-refractivity contribution is -0.127. The summed E-state index contributed by atoms with van der Waals surface area (Å²) in [5.41, 5.74) is -0.126. The number of rotatable bonds is 3. The minimum absolute atomic E-state index is 0.126. The lowest BCUT2D eigenvalue weighted by Gasteiger charge is -2.26. The lowest BCUT2D eigenvalue weighted by atomic mass is 9.96. The zero-order valence-electron chi connectivity index (χ0n) is 9.27. The van der Waals surface area contributed by atoms with E-state index >= 15 is 0 Å². The second-order valence-electron chi connectivity index (χ2n) is 5.02. The van der Waals surface area contributed by atoms with Crippen molar-refractivity contribution >= 4 is 21.8 Å². The second-order valence-corrected chi connectivity index (χ2v) is 5.58. The van der Waals surface area contributed by atoms with Crippen molar-refractivity contribution in [3.63, 3.8) is 0 Å². The third-order valence-electron chi connectivity index (χ3n) is 2.99. The van der Waals surface area contributed by atoms with E-state index in [9.17, 15) is 4.79 Å². The van der Waals surface area contributed by atoms with Gasteiger partial charge in [0.15, 0.2) is 0 Å². The van der Waals surface area contributed by atoms with Crippen LogP contribution in [0.25, 0.3) is 0 Å². The van der Waals surface area contributed by atoms with Gasteiger partial charge in [0, 0.05) is 16.8 Å². The van der Waals surface area contributed by atoms with Crippen molar-refractivity contribution in [2.24, 2.45) is 11.8 Å². The fourth-order valence-corrected chi connectivity index (χ4v) is 2.13. The van der Waals surface area contributed by atoms with Crippen LogP contribution in [0.5, 0.6) is 0 Å². The summed E-state index contributed by atoms with van der Waals surface area (Å²) in [6, 6.07) is 0. The maximum absolute atomic E-state index is 11.9. The summed E-state index contributed by atoms with van der Waals surface area (Å²) >= 11 is 3.41. The molecule has 82 valence electrons. The fraction of sp³-hybridized carbons (Fsp3) is 0.909. The number of carbonyl (C=O) groups is 1. The molecule has 1 aliphatic rings. The van der Waals surface area contributed by atoms with Gasteiger partial charge in [-0.15, -0.1) is 0 Å². The van der Waals surface area contributed by atoms with Crippen LogP contribution < -0.4 is 5.32 Å². The molecule has 1 saturated carbocycles. The van der Waals surface area contributed by atoms with Gasteiger partial charge in [0.2, 0.25) is 5.91 Å². The van der Waals surface area contributed by atoms with Crippen LogP contribution in [0.1, 0.15) is 40.0 Å². The molecule has 1 fully saturated rings. The topological polar surface area (TPSA) is 29.1 Å². The summed E-state index contributed by atoms with van der Waals surface area (Å²) in [4.78, 5) is 11.9. The molecule has 0 aliphatic heterocycles. The quantitative estimate of drug-likeness (QED) is 0.778. The van der Waals surface area contributed by atoms with E-state index in [-0.39, 0.29) is 17.4 Å². The molecule has 1 amide bonds. The van der Waals surface area contributed by atoms with Crippen molar-refractivity contribution in [3.05, 3.63) is 0 Å². The molecule has 0 bridgehead atoms. The standard InChI is InChI=1S/C11H20BrNO/c1-8-5-4-6-9(8)10(14)13-11(2,3)7-12/h8-9H,4-7H2,1-3H3,(H,13,14). The first kappa shape index (κ1) is 12.0. The molecule has 3 heteroatoms. The second kappa shape index (κ2) is 4.65. The van der Waals surface area contributed by atoms with E-state index in [4.69, 9.17) is 0 Å². The molecule has 0 aromatic rings. The maximum Gasteiger partial charge on any atom is 0.223 e. The summed E-state index contributed by atoms with van der Waals surface area (Å²) < 4.78 is 0. The molecule has 1 aliphatic carbocycles. The van der Waals surface area contributed by atoms with Gasteiger partial charge < -0.3 is 5.32 Å². The van der Waals surface area contributed by atoms with Crippen LogP contribution in [0.15, 0.2) is 0 Å². The molecule has 0 radical (unpaired) electrons. The first-order valence-electron chi connectivity index (χ1n) is 5.34. The van der Waals surface area contributed by atoms with Gasteiger partial charge in [0.25, 0.3) is 0 Å². The SMILES string of the molecule is CC1CCCC1C(=O)NC(C)(C)CBr. The highest BCUT2D eigenvalue weighted by atomic mass is 79.9. The van der Waals surface area contributed by atoms with Crippen LogP contribution in [0.3, 0.4) is 0 Å². The number of amides is 1. The van der Waals surface area contributed by atoms with Crippen LogP contribution in [0.4, 0.5) is 0 Å². The van der Waals surface area contributed by atoms with Crippen molar-refractivity contribution in [1.29, 1.82) is 0 Å². The van der Waals surface area contributed by atoms with Gasteiger partial charge >= 0.3 is 0 Å². The van der Waals surface area contributed by atoms with E-state index in [0.717, 1.165) is 11.8 Å². The molecule has 2 unspecified atom stereocenters. The summed E-state index contributed by atoms with van der Waals surface area (Å²) in [5, 5.41) is 3.89. The molecule has 2 atom stereocenters. The van der Waals surface area contributed by atoms with Crippen molar-refractivity contribution in [1.82, 2.24) is 5.32 Å². The van der Waals surface area contributed by atoms with Gasteiger partial charge in [-0.1, -0.05) is 29.3 Å². The predicted octanol–water partition coefficient (Wildman–Crippen LogP) is 2.71. The maximum atomic E-state index is 11.9. The summed E-state index contributed by atoms with van der Waals surface area (Å²) in [7, 11) is 0. The Hall–Kier alpha value is -0.0500. The van der Waals surface area contributed by atoms with E-state index in [0.29, 0.717) is 5.92 Å². The minimum Gasteiger partial charge on any atom is -0.350 e. The molecule has 0 aromatic heterocycles. The highest BCUT2D eigenvalue weighted by molar-refractivity contribution is 9.09. The molecular weight excluding hydrogens is 242 g/mol. The normalized spacial score (nSPS) is 27.7. The molecule has 0 saturated heterocycles. The van der Waals surface area contributed by atoms with Crippen molar-refractivity contribution in [3.8, 4) is 0 Å². The average molecular weight is 262 g/mol. The zero-order valence-corrected chi connectivity index (χ0v) is 10.9. The molecule has 14 heavy (non-hydrogen) atoms. The lowest BCUT2D eigenvalue weighted by Crippen LogP contribution is -2.47. The third-order valence-corrected chi connectivity index (χ3v) is 4.40. The van der Waals surface area contributed by atoms with Gasteiger partial charge in [-0.3, -0.25) is 4.79 Å². The van der Waals surface area contributed by atoms with Crippen LogP contribution in [-0.2, 0) is 4.79 Å². The van der Waals surface area contributed by atoms with E-state index in [1.807, 2.05) is 13.8 Å². The van der Waals surface area contributed by atoms with Crippen molar-refractivity contribution < 1.29 is 4.79 Å². The minimum atomic E-state index is -0.126. The van der Waals surface area contributed by atoms with Crippen LogP contribution in [-0.4, -0.2) is 16.8 Å². The fourth-order valence-electron chi connectivity index (χ4n) is 1.99. The predicted molar refractivity (Wildman–Crippen MR) is 62.5 cm³/mol. The number of nitrogens with one attached hydrogen (secondary N) is 1. The Kier molecular flexibility index (Phi) is 3.99. The summed E-state index contributed by atoms with van der Waals surface area (Å²) in [6.07, 6.45) is 3.46. The van der Waals surface area contributed by atoms with E-state index in [1.165, 1.54) is 12.8 Å². The molecule has 2 nitrogen and oxygen atoms in total. The molecule has 1 N–H and O–H groups in total. The molecule has 0 aromatic carbocycles. The van der Waals surface area contributed by atoms with Crippen LogP contribution in [0.2, 0.25) is 0 Å². The number of halogens is 1.